The van der Waals surface area contributed by atoms with Gasteiger partial charge in [0.05, 0.1) is 6.54 Å². The lowest BCUT2D eigenvalue weighted by molar-refractivity contribution is -0.114. The second kappa shape index (κ2) is 4.39. The van der Waals surface area contributed by atoms with E-state index in [4.69, 9.17) is 5.73 Å². The number of hydrogen-bond acceptors (Lipinski definition) is 2. The van der Waals surface area contributed by atoms with Gasteiger partial charge >= 0.3 is 0 Å². The van der Waals surface area contributed by atoms with Crippen molar-refractivity contribution >= 4 is 27.5 Å². The van der Waals surface area contributed by atoms with E-state index in [9.17, 15) is 4.79 Å². The molecule has 0 aliphatic heterocycles. The summed E-state index contributed by atoms with van der Waals surface area (Å²) in [5.41, 5.74) is 7.02. The van der Waals surface area contributed by atoms with Crippen molar-refractivity contribution in [3.8, 4) is 0 Å². The topological polar surface area (TPSA) is 55.1 Å². The van der Waals surface area contributed by atoms with Crippen LogP contribution in [0, 0.1) is 6.92 Å². The number of carbonyl (C=O) groups excluding carboxylic acids is 1. The van der Waals surface area contributed by atoms with Gasteiger partial charge in [-0.25, -0.2) is 0 Å². The summed E-state index contributed by atoms with van der Waals surface area (Å²) < 4.78 is 1.03. The molecular weight excluding hydrogens is 232 g/mol. The highest BCUT2D eigenvalue weighted by Gasteiger charge is 2.00. The molecule has 1 amide bonds. The maximum atomic E-state index is 10.9. The van der Waals surface area contributed by atoms with E-state index in [-0.39, 0.29) is 12.5 Å². The van der Waals surface area contributed by atoms with Crippen LogP contribution in [0.1, 0.15) is 5.56 Å². The van der Waals surface area contributed by atoms with Crippen molar-refractivity contribution in [2.24, 2.45) is 5.73 Å². The predicted molar refractivity (Wildman–Crippen MR) is 56.6 cm³/mol. The fourth-order valence-electron chi connectivity index (χ4n) is 0.934. The minimum Gasteiger partial charge on any atom is -0.325 e. The van der Waals surface area contributed by atoms with Gasteiger partial charge in [-0.2, -0.15) is 0 Å². The third-order valence-electron chi connectivity index (χ3n) is 1.63. The van der Waals surface area contributed by atoms with Crippen LogP contribution in [-0.2, 0) is 4.79 Å². The average Bonchev–Trinajstić information content (AvgIpc) is 2.11. The van der Waals surface area contributed by atoms with E-state index in [2.05, 4.69) is 21.2 Å². The summed E-state index contributed by atoms with van der Waals surface area (Å²) in [7, 11) is 0. The van der Waals surface area contributed by atoms with Gasteiger partial charge in [-0.05, 0) is 30.7 Å². The highest BCUT2D eigenvalue weighted by atomic mass is 79.9. The summed E-state index contributed by atoms with van der Waals surface area (Å²) in [6.07, 6.45) is 0. The highest BCUT2D eigenvalue weighted by molar-refractivity contribution is 9.10. The van der Waals surface area contributed by atoms with Crippen LogP contribution < -0.4 is 11.1 Å². The van der Waals surface area contributed by atoms with Crippen LogP contribution >= 0.6 is 15.9 Å². The Kier molecular flexibility index (Phi) is 3.45. The monoisotopic (exact) mass is 242 g/mol. The summed E-state index contributed by atoms with van der Waals surface area (Å²) in [5.74, 6) is -0.179. The number of hydrogen-bond donors (Lipinski definition) is 2. The van der Waals surface area contributed by atoms with Crippen molar-refractivity contribution in [1.29, 1.82) is 0 Å². The summed E-state index contributed by atoms with van der Waals surface area (Å²) in [6, 6.07) is 5.60. The minimum absolute atomic E-state index is 0.00904. The van der Waals surface area contributed by atoms with E-state index in [1.165, 1.54) is 0 Å². The molecule has 0 saturated carbocycles. The summed E-state index contributed by atoms with van der Waals surface area (Å²) in [4.78, 5) is 10.9. The van der Waals surface area contributed by atoms with Crippen molar-refractivity contribution in [3.05, 3.63) is 28.2 Å². The first-order valence-electron chi connectivity index (χ1n) is 3.89. The molecule has 0 aliphatic carbocycles. The first-order valence-corrected chi connectivity index (χ1v) is 4.69. The molecule has 0 spiro atoms. The number of anilines is 1. The number of rotatable bonds is 2. The molecule has 3 N–H and O–H groups in total. The van der Waals surface area contributed by atoms with E-state index in [0.29, 0.717) is 0 Å². The molecule has 1 rings (SSSR count). The van der Waals surface area contributed by atoms with Crippen LogP contribution in [0.5, 0.6) is 0 Å². The van der Waals surface area contributed by atoms with Crippen LogP contribution in [0.2, 0.25) is 0 Å². The normalized spacial score (nSPS) is 9.77. The number of nitrogens with two attached hydrogens (primary N) is 1. The molecule has 0 saturated heterocycles. The Morgan fingerprint density at radius 3 is 2.85 bits per heavy atom. The Bertz CT molecular complexity index is 325. The first kappa shape index (κ1) is 10.2. The van der Waals surface area contributed by atoms with E-state index < -0.39 is 0 Å². The largest absolute Gasteiger partial charge is 0.325 e. The van der Waals surface area contributed by atoms with E-state index in [1.54, 1.807) is 0 Å². The molecule has 0 bridgehead atoms. The van der Waals surface area contributed by atoms with Crippen molar-refractivity contribution in [1.82, 2.24) is 0 Å². The van der Waals surface area contributed by atoms with Gasteiger partial charge in [0.25, 0.3) is 0 Å². The molecule has 13 heavy (non-hydrogen) atoms. The van der Waals surface area contributed by atoms with Gasteiger partial charge in [0.1, 0.15) is 0 Å². The standard InChI is InChI=1S/C9H11BrN2O/c1-6-4-7(2-3-8(6)10)12-9(13)5-11/h2-4H,5,11H2,1H3,(H,12,13). The third kappa shape index (κ3) is 2.82. The number of carbonyl (C=O) groups is 1. The lowest BCUT2D eigenvalue weighted by Gasteiger charge is -2.05. The second-order valence-corrected chi connectivity index (χ2v) is 3.57. The van der Waals surface area contributed by atoms with Crippen molar-refractivity contribution in [2.75, 3.05) is 11.9 Å². The zero-order valence-electron chi connectivity index (χ0n) is 7.30. The van der Waals surface area contributed by atoms with Crippen LogP contribution in [0.15, 0.2) is 22.7 Å². The summed E-state index contributed by atoms with van der Waals surface area (Å²) >= 11 is 3.38. The lowest BCUT2D eigenvalue weighted by Crippen LogP contribution is -2.21. The Morgan fingerprint density at radius 2 is 2.31 bits per heavy atom. The summed E-state index contributed by atoms with van der Waals surface area (Å²) in [6.45, 7) is 1.97. The second-order valence-electron chi connectivity index (χ2n) is 2.72. The van der Waals surface area contributed by atoms with E-state index >= 15 is 0 Å². The van der Waals surface area contributed by atoms with Crippen LogP contribution in [-0.4, -0.2) is 12.5 Å². The van der Waals surface area contributed by atoms with Gasteiger partial charge in [0.2, 0.25) is 5.91 Å². The quantitative estimate of drug-likeness (QED) is 0.829. The number of amides is 1. The molecule has 0 fully saturated rings. The third-order valence-corrected chi connectivity index (χ3v) is 2.52. The fourth-order valence-corrected chi connectivity index (χ4v) is 1.18. The van der Waals surface area contributed by atoms with Crippen LogP contribution in [0.4, 0.5) is 5.69 Å². The molecule has 0 unspecified atom stereocenters. The summed E-state index contributed by atoms with van der Waals surface area (Å²) in [5, 5.41) is 2.67. The number of nitrogens with one attached hydrogen (secondary N) is 1. The Hall–Kier alpha value is -0.870. The van der Waals surface area contributed by atoms with Gasteiger partial charge in [-0.15, -0.1) is 0 Å². The SMILES string of the molecule is Cc1cc(NC(=O)CN)ccc1Br. The zero-order valence-corrected chi connectivity index (χ0v) is 8.89. The van der Waals surface area contributed by atoms with Gasteiger partial charge in [-0.1, -0.05) is 15.9 Å². The van der Waals surface area contributed by atoms with Crippen LogP contribution in [0.25, 0.3) is 0 Å². The molecule has 1 aromatic carbocycles. The molecule has 1 aromatic rings. The highest BCUT2D eigenvalue weighted by Crippen LogP contribution is 2.19. The molecule has 3 nitrogen and oxygen atoms in total. The first-order chi connectivity index (χ1) is 6.13. The average molecular weight is 243 g/mol. The van der Waals surface area contributed by atoms with Gasteiger partial charge in [0, 0.05) is 10.2 Å². The molecule has 0 radical (unpaired) electrons. The number of benzene rings is 1. The van der Waals surface area contributed by atoms with Gasteiger partial charge < -0.3 is 11.1 Å². The molecule has 4 heteroatoms. The van der Waals surface area contributed by atoms with E-state index in [1.807, 2.05) is 25.1 Å². The smallest absolute Gasteiger partial charge is 0.238 e. The predicted octanol–water partition coefficient (Wildman–Crippen LogP) is 1.65. The van der Waals surface area contributed by atoms with Gasteiger partial charge in [-0.3, -0.25) is 4.79 Å². The number of halogens is 1. The maximum absolute atomic E-state index is 10.9. The van der Waals surface area contributed by atoms with Gasteiger partial charge in [0.15, 0.2) is 0 Å². The zero-order chi connectivity index (χ0) is 9.84. The molecule has 0 aliphatic rings. The maximum Gasteiger partial charge on any atom is 0.238 e. The van der Waals surface area contributed by atoms with Crippen LogP contribution in [0.3, 0.4) is 0 Å². The molecule has 70 valence electrons. The minimum atomic E-state index is -0.179. The van der Waals surface area contributed by atoms with Crippen molar-refractivity contribution < 1.29 is 4.79 Å². The molecule has 0 heterocycles. The Labute approximate surface area is 85.4 Å². The van der Waals surface area contributed by atoms with E-state index in [0.717, 1.165) is 15.7 Å². The molecular formula is C9H11BrN2O. The van der Waals surface area contributed by atoms with Crippen molar-refractivity contribution in [3.63, 3.8) is 0 Å². The lowest BCUT2D eigenvalue weighted by atomic mass is 10.2. The Balaban J connectivity index is 2.79. The molecule has 0 aromatic heterocycles. The fraction of sp³-hybridized carbons (Fsp3) is 0.222. The number of aryl methyl sites for hydroxylation is 1. The Morgan fingerprint density at radius 1 is 1.62 bits per heavy atom. The van der Waals surface area contributed by atoms with Crippen molar-refractivity contribution in [2.45, 2.75) is 6.92 Å². The molecule has 0 atom stereocenters.